The first kappa shape index (κ1) is 13.4. The molecule has 3 rings (SSSR count). The van der Waals surface area contributed by atoms with Gasteiger partial charge in [-0.15, -0.1) is 0 Å². The molecule has 0 aliphatic heterocycles. The minimum atomic E-state index is 0.684. The standard InChI is InChI=1S/C17H16N2O2/c1-11-18-14-9-5-4-7-12(14)16(19-11)13-8-6-10-15(20-2)17(13)21-3/h4-10H,1-3H3. The van der Waals surface area contributed by atoms with Gasteiger partial charge in [0, 0.05) is 10.9 Å². The largest absolute Gasteiger partial charge is 0.493 e. The molecule has 0 radical (unpaired) electrons. The zero-order valence-corrected chi connectivity index (χ0v) is 12.3. The molecular formula is C17H16N2O2. The Kier molecular flexibility index (Phi) is 3.44. The molecule has 0 aliphatic carbocycles. The number of ether oxygens (including phenoxy) is 2. The van der Waals surface area contributed by atoms with Crippen molar-refractivity contribution in [1.82, 2.24) is 9.97 Å². The lowest BCUT2D eigenvalue weighted by molar-refractivity contribution is 0.356. The van der Waals surface area contributed by atoms with Gasteiger partial charge < -0.3 is 9.47 Å². The van der Waals surface area contributed by atoms with Crippen LogP contribution in [0.2, 0.25) is 0 Å². The van der Waals surface area contributed by atoms with Gasteiger partial charge in [-0.2, -0.15) is 0 Å². The van der Waals surface area contributed by atoms with E-state index < -0.39 is 0 Å². The SMILES string of the molecule is COc1cccc(-c2nc(C)nc3ccccc23)c1OC. The van der Waals surface area contributed by atoms with E-state index >= 15 is 0 Å². The number of aryl methyl sites for hydroxylation is 1. The van der Waals surface area contributed by atoms with E-state index in [1.165, 1.54) is 0 Å². The maximum absolute atomic E-state index is 5.53. The van der Waals surface area contributed by atoms with E-state index in [2.05, 4.69) is 9.97 Å². The van der Waals surface area contributed by atoms with Gasteiger partial charge in [-0.05, 0) is 25.1 Å². The molecule has 0 saturated heterocycles. The third-order valence-corrected chi connectivity index (χ3v) is 3.37. The molecule has 0 atom stereocenters. The van der Waals surface area contributed by atoms with Crippen LogP contribution in [0, 0.1) is 6.92 Å². The second-order valence-corrected chi connectivity index (χ2v) is 4.68. The van der Waals surface area contributed by atoms with Crippen molar-refractivity contribution in [2.75, 3.05) is 14.2 Å². The molecule has 2 aromatic carbocycles. The monoisotopic (exact) mass is 280 g/mol. The summed E-state index contributed by atoms with van der Waals surface area (Å²) in [7, 11) is 3.27. The molecule has 4 nitrogen and oxygen atoms in total. The highest BCUT2D eigenvalue weighted by molar-refractivity contribution is 5.94. The molecule has 21 heavy (non-hydrogen) atoms. The van der Waals surface area contributed by atoms with Crippen LogP contribution >= 0.6 is 0 Å². The average Bonchev–Trinajstić information content (AvgIpc) is 2.53. The zero-order valence-electron chi connectivity index (χ0n) is 12.3. The molecule has 4 heteroatoms. The fraction of sp³-hybridized carbons (Fsp3) is 0.176. The summed E-state index contributed by atoms with van der Waals surface area (Å²) in [6.45, 7) is 1.89. The molecule has 0 fully saturated rings. The van der Waals surface area contributed by atoms with Crippen molar-refractivity contribution in [2.45, 2.75) is 6.92 Å². The number of methoxy groups -OCH3 is 2. The minimum absolute atomic E-state index is 0.684. The normalized spacial score (nSPS) is 10.6. The molecule has 0 amide bonds. The van der Waals surface area contributed by atoms with Crippen LogP contribution < -0.4 is 9.47 Å². The summed E-state index contributed by atoms with van der Waals surface area (Å²) in [5, 5.41) is 0.995. The van der Waals surface area contributed by atoms with Crippen LogP contribution in [0.1, 0.15) is 5.82 Å². The van der Waals surface area contributed by atoms with E-state index in [-0.39, 0.29) is 0 Å². The molecule has 3 aromatic rings. The predicted molar refractivity (Wildman–Crippen MR) is 82.8 cm³/mol. The van der Waals surface area contributed by atoms with Gasteiger partial charge in [0.25, 0.3) is 0 Å². The first-order chi connectivity index (χ1) is 10.2. The van der Waals surface area contributed by atoms with Gasteiger partial charge >= 0.3 is 0 Å². The van der Waals surface area contributed by atoms with E-state index in [4.69, 9.17) is 9.47 Å². The van der Waals surface area contributed by atoms with Gasteiger partial charge in [0.15, 0.2) is 11.5 Å². The number of para-hydroxylation sites is 2. The van der Waals surface area contributed by atoms with E-state index in [9.17, 15) is 0 Å². The third-order valence-electron chi connectivity index (χ3n) is 3.37. The van der Waals surface area contributed by atoms with Crippen molar-refractivity contribution in [3.05, 3.63) is 48.3 Å². The van der Waals surface area contributed by atoms with Crippen molar-refractivity contribution in [3.8, 4) is 22.8 Å². The second-order valence-electron chi connectivity index (χ2n) is 4.68. The molecular weight excluding hydrogens is 264 g/mol. The van der Waals surface area contributed by atoms with E-state index in [0.29, 0.717) is 11.5 Å². The number of nitrogens with zero attached hydrogens (tertiary/aromatic N) is 2. The van der Waals surface area contributed by atoms with Crippen molar-refractivity contribution in [2.24, 2.45) is 0 Å². The molecule has 0 spiro atoms. The molecule has 1 heterocycles. The van der Waals surface area contributed by atoms with Crippen LogP contribution in [-0.2, 0) is 0 Å². The highest BCUT2D eigenvalue weighted by Gasteiger charge is 2.15. The summed E-state index contributed by atoms with van der Waals surface area (Å²) >= 11 is 0. The van der Waals surface area contributed by atoms with Gasteiger partial charge in [-0.3, -0.25) is 0 Å². The van der Waals surface area contributed by atoms with Crippen LogP contribution in [0.5, 0.6) is 11.5 Å². The maximum Gasteiger partial charge on any atom is 0.170 e. The summed E-state index contributed by atoms with van der Waals surface area (Å²) in [6.07, 6.45) is 0. The van der Waals surface area contributed by atoms with Crippen molar-refractivity contribution >= 4 is 10.9 Å². The lowest BCUT2D eigenvalue weighted by Gasteiger charge is -2.13. The summed E-state index contributed by atoms with van der Waals surface area (Å²) in [5.41, 5.74) is 2.68. The van der Waals surface area contributed by atoms with Crippen LogP contribution in [0.25, 0.3) is 22.2 Å². The quantitative estimate of drug-likeness (QED) is 0.735. The van der Waals surface area contributed by atoms with Crippen LogP contribution in [-0.4, -0.2) is 24.2 Å². The Labute approximate surface area is 123 Å². The second kappa shape index (κ2) is 5.40. The highest BCUT2D eigenvalue weighted by atomic mass is 16.5. The first-order valence-corrected chi connectivity index (χ1v) is 6.69. The van der Waals surface area contributed by atoms with Crippen molar-refractivity contribution in [3.63, 3.8) is 0 Å². The Balaban J connectivity index is 2.35. The van der Waals surface area contributed by atoms with Crippen LogP contribution in [0.3, 0.4) is 0 Å². The maximum atomic E-state index is 5.53. The molecule has 0 unspecified atom stereocenters. The average molecular weight is 280 g/mol. The Hall–Kier alpha value is -2.62. The molecule has 0 bridgehead atoms. The number of aromatic nitrogens is 2. The lowest BCUT2D eigenvalue weighted by atomic mass is 10.0. The van der Waals surface area contributed by atoms with Crippen molar-refractivity contribution in [1.29, 1.82) is 0 Å². The van der Waals surface area contributed by atoms with Gasteiger partial charge in [0.1, 0.15) is 5.82 Å². The first-order valence-electron chi connectivity index (χ1n) is 6.69. The fourth-order valence-electron chi connectivity index (χ4n) is 2.47. The number of hydrogen-bond acceptors (Lipinski definition) is 4. The molecule has 0 saturated carbocycles. The fourth-order valence-corrected chi connectivity index (χ4v) is 2.47. The summed E-state index contributed by atoms with van der Waals surface area (Å²) in [5.74, 6) is 2.10. The van der Waals surface area contributed by atoms with Crippen molar-refractivity contribution < 1.29 is 9.47 Å². The zero-order chi connectivity index (χ0) is 14.8. The van der Waals surface area contributed by atoms with E-state index in [1.54, 1.807) is 14.2 Å². The Morgan fingerprint density at radius 2 is 1.67 bits per heavy atom. The molecule has 1 aromatic heterocycles. The van der Waals surface area contributed by atoms with Gasteiger partial charge in [0.2, 0.25) is 0 Å². The number of rotatable bonds is 3. The Bertz CT molecular complexity index is 800. The van der Waals surface area contributed by atoms with Gasteiger partial charge in [-0.25, -0.2) is 9.97 Å². The van der Waals surface area contributed by atoms with Crippen LogP contribution in [0.4, 0.5) is 0 Å². The van der Waals surface area contributed by atoms with Gasteiger partial charge in [0.05, 0.1) is 25.4 Å². The van der Waals surface area contributed by atoms with Crippen LogP contribution in [0.15, 0.2) is 42.5 Å². The number of fused-ring (bicyclic) bond motifs is 1. The Morgan fingerprint density at radius 3 is 2.43 bits per heavy atom. The van der Waals surface area contributed by atoms with Gasteiger partial charge in [-0.1, -0.05) is 24.3 Å². The molecule has 106 valence electrons. The summed E-state index contributed by atoms with van der Waals surface area (Å²) in [6, 6.07) is 13.7. The minimum Gasteiger partial charge on any atom is -0.493 e. The summed E-state index contributed by atoms with van der Waals surface area (Å²) < 4.78 is 10.9. The highest BCUT2D eigenvalue weighted by Crippen LogP contribution is 2.39. The van der Waals surface area contributed by atoms with E-state index in [0.717, 1.165) is 28.0 Å². The molecule has 0 N–H and O–H groups in total. The number of hydrogen-bond donors (Lipinski definition) is 0. The lowest BCUT2D eigenvalue weighted by Crippen LogP contribution is -1.97. The topological polar surface area (TPSA) is 44.2 Å². The number of benzene rings is 2. The van der Waals surface area contributed by atoms with E-state index in [1.807, 2.05) is 49.4 Å². The molecule has 0 aliphatic rings. The summed E-state index contributed by atoms with van der Waals surface area (Å²) in [4.78, 5) is 9.09. The third kappa shape index (κ3) is 2.29. The Morgan fingerprint density at radius 1 is 0.857 bits per heavy atom. The smallest absolute Gasteiger partial charge is 0.170 e. The predicted octanol–water partition coefficient (Wildman–Crippen LogP) is 3.62.